The molecule has 0 saturated carbocycles. The number of phenolic OH excluding ortho intramolecular Hbond substituents is 1. The van der Waals surface area contributed by atoms with Gasteiger partial charge in [0.25, 0.3) is 0 Å². The van der Waals surface area contributed by atoms with Gasteiger partial charge in [-0.2, -0.15) is 0 Å². The topological polar surface area (TPSA) is 62.0 Å². The zero-order valence-electron chi connectivity index (χ0n) is 7.48. The highest BCUT2D eigenvalue weighted by atomic mass is 16.5. The number of oxime groups is 1. The number of ether oxygens (including phenoxy) is 1. The molecule has 1 aromatic rings. The average molecular weight is 181 g/mol. The van der Waals surface area contributed by atoms with Gasteiger partial charge in [0.1, 0.15) is 11.5 Å². The third kappa shape index (κ3) is 1.90. The number of methoxy groups -OCH3 is 1. The maximum absolute atomic E-state index is 9.45. The Morgan fingerprint density at radius 2 is 2.15 bits per heavy atom. The lowest BCUT2D eigenvalue weighted by molar-refractivity contribution is 0.318. The van der Waals surface area contributed by atoms with Gasteiger partial charge in [-0.25, -0.2) is 0 Å². The molecule has 0 atom stereocenters. The van der Waals surface area contributed by atoms with Crippen molar-refractivity contribution in [3.05, 3.63) is 23.8 Å². The number of benzene rings is 1. The summed E-state index contributed by atoms with van der Waals surface area (Å²) in [7, 11) is 1.52. The van der Waals surface area contributed by atoms with E-state index in [-0.39, 0.29) is 5.75 Å². The van der Waals surface area contributed by atoms with Crippen molar-refractivity contribution < 1.29 is 15.1 Å². The molecule has 13 heavy (non-hydrogen) atoms. The van der Waals surface area contributed by atoms with Crippen molar-refractivity contribution in [3.63, 3.8) is 0 Å². The van der Waals surface area contributed by atoms with Gasteiger partial charge in [-0.3, -0.25) is 0 Å². The van der Waals surface area contributed by atoms with E-state index in [0.717, 1.165) is 0 Å². The van der Waals surface area contributed by atoms with Crippen molar-refractivity contribution >= 4 is 5.71 Å². The Kier molecular flexibility index (Phi) is 2.74. The van der Waals surface area contributed by atoms with Gasteiger partial charge in [0.2, 0.25) is 0 Å². The summed E-state index contributed by atoms with van der Waals surface area (Å²) in [6.45, 7) is 1.60. The quantitative estimate of drug-likeness (QED) is 0.414. The Hall–Kier alpha value is -1.71. The van der Waals surface area contributed by atoms with E-state index in [4.69, 9.17) is 9.94 Å². The van der Waals surface area contributed by atoms with Crippen molar-refractivity contribution in [2.45, 2.75) is 6.92 Å². The van der Waals surface area contributed by atoms with Crippen LogP contribution < -0.4 is 4.74 Å². The van der Waals surface area contributed by atoms with Gasteiger partial charge in [0, 0.05) is 11.6 Å². The third-order valence-corrected chi connectivity index (χ3v) is 1.74. The minimum absolute atomic E-state index is 0.0367. The first kappa shape index (κ1) is 9.38. The van der Waals surface area contributed by atoms with E-state index in [1.807, 2.05) is 0 Å². The minimum Gasteiger partial charge on any atom is -0.507 e. The van der Waals surface area contributed by atoms with E-state index in [2.05, 4.69) is 5.16 Å². The Balaban J connectivity index is 3.12. The smallest absolute Gasteiger partial charge is 0.128 e. The first-order valence-electron chi connectivity index (χ1n) is 3.75. The molecule has 0 radical (unpaired) electrons. The molecule has 0 saturated heterocycles. The molecule has 0 heterocycles. The molecule has 0 aromatic heterocycles. The van der Waals surface area contributed by atoms with E-state index in [1.54, 1.807) is 19.1 Å². The molecule has 70 valence electrons. The van der Waals surface area contributed by atoms with Crippen molar-refractivity contribution in [2.24, 2.45) is 5.16 Å². The number of nitrogens with zero attached hydrogens (tertiary/aromatic N) is 1. The number of phenols is 1. The monoisotopic (exact) mass is 181 g/mol. The van der Waals surface area contributed by atoms with Crippen LogP contribution in [0.5, 0.6) is 11.5 Å². The molecule has 0 amide bonds. The zero-order valence-corrected chi connectivity index (χ0v) is 7.48. The fraction of sp³-hybridized carbons (Fsp3) is 0.222. The number of aromatic hydroxyl groups is 1. The summed E-state index contributed by atoms with van der Waals surface area (Å²) in [4.78, 5) is 0. The fourth-order valence-electron chi connectivity index (χ4n) is 0.998. The highest BCUT2D eigenvalue weighted by molar-refractivity contribution is 6.00. The molecule has 4 nitrogen and oxygen atoms in total. The van der Waals surface area contributed by atoms with E-state index in [0.29, 0.717) is 17.0 Å². The van der Waals surface area contributed by atoms with Gasteiger partial charge in [-0.15, -0.1) is 0 Å². The summed E-state index contributed by atoms with van der Waals surface area (Å²) >= 11 is 0. The van der Waals surface area contributed by atoms with Crippen LogP contribution in [0, 0.1) is 0 Å². The van der Waals surface area contributed by atoms with Gasteiger partial charge in [0.05, 0.1) is 12.8 Å². The fourth-order valence-corrected chi connectivity index (χ4v) is 0.998. The molecule has 0 spiro atoms. The van der Waals surface area contributed by atoms with Gasteiger partial charge in [0.15, 0.2) is 0 Å². The largest absolute Gasteiger partial charge is 0.507 e. The van der Waals surface area contributed by atoms with Gasteiger partial charge in [-0.1, -0.05) is 5.16 Å². The third-order valence-electron chi connectivity index (χ3n) is 1.74. The molecule has 0 unspecified atom stereocenters. The summed E-state index contributed by atoms with van der Waals surface area (Å²) < 4.78 is 4.90. The van der Waals surface area contributed by atoms with Crippen LogP contribution in [-0.2, 0) is 0 Å². The lowest BCUT2D eigenvalue weighted by Crippen LogP contribution is -1.95. The maximum Gasteiger partial charge on any atom is 0.128 e. The Morgan fingerprint density at radius 3 is 2.62 bits per heavy atom. The molecule has 0 aliphatic heterocycles. The Labute approximate surface area is 76.1 Å². The average Bonchev–Trinajstić information content (AvgIpc) is 2.16. The summed E-state index contributed by atoms with van der Waals surface area (Å²) in [6, 6.07) is 4.77. The van der Waals surface area contributed by atoms with Crippen LogP contribution in [0.2, 0.25) is 0 Å². The summed E-state index contributed by atoms with van der Waals surface area (Å²) in [5.74, 6) is 0.599. The molecule has 0 fully saturated rings. The van der Waals surface area contributed by atoms with E-state index < -0.39 is 0 Å². The van der Waals surface area contributed by atoms with E-state index in [9.17, 15) is 5.11 Å². The van der Waals surface area contributed by atoms with Crippen LogP contribution in [0.15, 0.2) is 23.4 Å². The second-order valence-electron chi connectivity index (χ2n) is 2.57. The SMILES string of the molecule is COc1ccc(/C(C)=N\O)c(O)c1. The molecule has 2 N–H and O–H groups in total. The molecular weight excluding hydrogens is 170 g/mol. The molecule has 0 aliphatic rings. The van der Waals surface area contributed by atoms with Crippen LogP contribution in [0.3, 0.4) is 0 Å². The molecule has 4 heteroatoms. The Bertz CT molecular complexity index is 334. The van der Waals surface area contributed by atoms with E-state index in [1.165, 1.54) is 13.2 Å². The molecule has 0 aliphatic carbocycles. The second kappa shape index (κ2) is 3.80. The molecule has 1 rings (SSSR count). The van der Waals surface area contributed by atoms with Crippen LogP contribution in [0.4, 0.5) is 0 Å². The zero-order chi connectivity index (χ0) is 9.84. The highest BCUT2D eigenvalue weighted by Gasteiger charge is 2.05. The number of hydrogen-bond acceptors (Lipinski definition) is 4. The highest BCUT2D eigenvalue weighted by Crippen LogP contribution is 2.23. The van der Waals surface area contributed by atoms with E-state index >= 15 is 0 Å². The van der Waals surface area contributed by atoms with Crippen LogP contribution in [0.1, 0.15) is 12.5 Å². The van der Waals surface area contributed by atoms with Gasteiger partial charge >= 0.3 is 0 Å². The second-order valence-corrected chi connectivity index (χ2v) is 2.57. The molecule has 1 aromatic carbocycles. The first-order valence-corrected chi connectivity index (χ1v) is 3.75. The molecule has 0 bridgehead atoms. The predicted octanol–water partition coefficient (Wildman–Crippen LogP) is 1.60. The van der Waals surface area contributed by atoms with Crippen molar-refractivity contribution in [1.82, 2.24) is 0 Å². The summed E-state index contributed by atoms with van der Waals surface area (Å²) in [5, 5.41) is 20.9. The van der Waals surface area contributed by atoms with Crippen molar-refractivity contribution in [2.75, 3.05) is 7.11 Å². The minimum atomic E-state index is 0.0367. The lowest BCUT2D eigenvalue weighted by atomic mass is 10.1. The van der Waals surface area contributed by atoms with Gasteiger partial charge < -0.3 is 15.1 Å². The summed E-state index contributed by atoms with van der Waals surface area (Å²) in [6.07, 6.45) is 0. The summed E-state index contributed by atoms with van der Waals surface area (Å²) in [5.41, 5.74) is 0.850. The molecular formula is C9H11NO3. The normalized spacial score (nSPS) is 11.4. The van der Waals surface area contributed by atoms with Crippen molar-refractivity contribution in [1.29, 1.82) is 0 Å². The van der Waals surface area contributed by atoms with Gasteiger partial charge in [-0.05, 0) is 19.1 Å². The van der Waals surface area contributed by atoms with Crippen LogP contribution >= 0.6 is 0 Å². The maximum atomic E-state index is 9.45. The van der Waals surface area contributed by atoms with Crippen LogP contribution in [-0.4, -0.2) is 23.1 Å². The number of rotatable bonds is 2. The predicted molar refractivity (Wildman–Crippen MR) is 48.7 cm³/mol. The Morgan fingerprint density at radius 1 is 1.46 bits per heavy atom. The van der Waals surface area contributed by atoms with Crippen LogP contribution in [0.25, 0.3) is 0 Å². The lowest BCUT2D eigenvalue weighted by Gasteiger charge is -2.04. The first-order chi connectivity index (χ1) is 6.19. The standard InChI is InChI=1S/C9H11NO3/c1-6(10-12)8-4-3-7(13-2)5-9(8)11/h3-5,11-12H,1-2H3/b10-6-. The van der Waals surface area contributed by atoms with Crippen molar-refractivity contribution in [3.8, 4) is 11.5 Å². The number of hydrogen-bond donors (Lipinski definition) is 2.